The Morgan fingerprint density at radius 3 is 2.21 bits per heavy atom. The zero-order valence-electron chi connectivity index (χ0n) is 15.2. The smallest absolute Gasteiger partial charge is 0.367 e. The Morgan fingerprint density at radius 2 is 1.62 bits per heavy atom. The van der Waals surface area contributed by atoms with Crippen LogP contribution >= 0.6 is 0 Å². The summed E-state index contributed by atoms with van der Waals surface area (Å²) in [6, 6.07) is 10.7. The molecule has 7 nitrogen and oxygen atoms in total. The fourth-order valence-electron chi connectivity index (χ4n) is 3.27. The highest BCUT2D eigenvalue weighted by molar-refractivity contribution is 5.61. The van der Waals surface area contributed by atoms with E-state index >= 15 is 0 Å². The fraction of sp³-hybridized carbons (Fsp3) is 0.263. The number of halogens is 3. The minimum Gasteiger partial charge on any atom is -0.367 e. The number of piperazine rings is 1. The van der Waals surface area contributed by atoms with Gasteiger partial charge in [-0.2, -0.15) is 23.5 Å². The van der Waals surface area contributed by atoms with Gasteiger partial charge in [0.05, 0.1) is 16.8 Å². The van der Waals surface area contributed by atoms with Crippen molar-refractivity contribution in [1.29, 1.82) is 5.26 Å². The van der Waals surface area contributed by atoms with E-state index in [1.165, 1.54) is 6.07 Å². The normalized spacial score (nSPS) is 14.7. The van der Waals surface area contributed by atoms with E-state index in [2.05, 4.69) is 15.3 Å². The Morgan fingerprint density at radius 1 is 0.931 bits per heavy atom. The average Bonchev–Trinajstić information content (AvgIpc) is 3.28. The second kappa shape index (κ2) is 7.43. The van der Waals surface area contributed by atoms with E-state index in [9.17, 15) is 18.4 Å². The Kier molecular flexibility index (Phi) is 4.80. The second-order valence-electron chi connectivity index (χ2n) is 6.52. The van der Waals surface area contributed by atoms with Crippen LogP contribution in [0.1, 0.15) is 11.1 Å². The molecule has 1 fully saturated rings. The molecule has 0 N–H and O–H groups in total. The molecule has 1 aliphatic heterocycles. The van der Waals surface area contributed by atoms with E-state index in [0.717, 1.165) is 12.1 Å². The van der Waals surface area contributed by atoms with E-state index < -0.39 is 11.7 Å². The van der Waals surface area contributed by atoms with Crippen molar-refractivity contribution in [1.82, 2.24) is 20.0 Å². The minimum absolute atomic E-state index is 0.0247. The Labute approximate surface area is 164 Å². The molecule has 3 heterocycles. The first-order valence-corrected chi connectivity index (χ1v) is 8.91. The molecule has 0 amide bonds. The maximum atomic E-state index is 12.9. The van der Waals surface area contributed by atoms with Gasteiger partial charge in [-0.25, -0.2) is 4.68 Å². The van der Waals surface area contributed by atoms with Crippen molar-refractivity contribution in [3.8, 4) is 11.9 Å². The molecule has 0 spiro atoms. The quantitative estimate of drug-likeness (QED) is 0.674. The van der Waals surface area contributed by atoms with Crippen molar-refractivity contribution >= 4 is 11.5 Å². The van der Waals surface area contributed by atoms with Crippen LogP contribution in [0.2, 0.25) is 0 Å². The van der Waals surface area contributed by atoms with Gasteiger partial charge >= 0.3 is 6.18 Å². The molecule has 1 saturated heterocycles. The number of aromatic nitrogens is 4. The lowest BCUT2D eigenvalue weighted by molar-refractivity contribution is -0.137. The fourth-order valence-corrected chi connectivity index (χ4v) is 3.27. The zero-order chi connectivity index (χ0) is 20.4. The van der Waals surface area contributed by atoms with Gasteiger partial charge in [-0.05, 0) is 36.4 Å². The molecule has 29 heavy (non-hydrogen) atoms. The van der Waals surface area contributed by atoms with Gasteiger partial charge in [0.25, 0.3) is 0 Å². The summed E-state index contributed by atoms with van der Waals surface area (Å²) < 4.78 is 40.3. The minimum atomic E-state index is -4.47. The molecule has 2 aromatic heterocycles. The van der Waals surface area contributed by atoms with Crippen molar-refractivity contribution in [2.75, 3.05) is 36.0 Å². The largest absolute Gasteiger partial charge is 0.416 e. The lowest BCUT2D eigenvalue weighted by Crippen LogP contribution is -2.47. The van der Waals surface area contributed by atoms with Crippen molar-refractivity contribution < 1.29 is 13.2 Å². The first-order valence-electron chi connectivity index (χ1n) is 8.91. The highest BCUT2D eigenvalue weighted by Crippen LogP contribution is 2.33. The number of hydrogen-bond donors (Lipinski definition) is 0. The summed E-state index contributed by atoms with van der Waals surface area (Å²) in [5.41, 5.74) is -0.277. The molecule has 1 aliphatic rings. The van der Waals surface area contributed by atoms with Crippen LogP contribution < -0.4 is 9.80 Å². The van der Waals surface area contributed by atoms with Gasteiger partial charge < -0.3 is 9.80 Å². The Bertz CT molecular complexity index is 1020. The van der Waals surface area contributed by atoms with Crippen LogP contribution in [0, 0.1) is 11.3 Å². The second-order valence-corrected chi connectivity index (χ2v) is 6.52. The Hall–Kier alpha value is -3.61. The number of hydrogen-bond acceptors (Lipinski definition) is 6. The molecular weight excluding hydrogens is 383 g/mol. The van der Waals surface area contributed by atoms with Crippen molar-refractivity contribution in [3.63, 3.8) is 0 Å². The van der Waals surface area contributed by atoms with Crippen LogP contribution in [-0.2, 0) is 6.18 Å². The van der Waals surface area contributed by atoms with Crippen molar-refractivity contribution in [2.45, 2.75) is 6.18 Å². The molecule has 0 saturated carbocycles. The maximum Gasteiger partial charge on any atom is 0.416 e. The molecule has 4 rings (SSSR count). The van der Waals surface area contributed by atoms with Crippen LogP contribution in [-0.4, -0.2) is 46.2 Å². The molecule has 0 aliphatic carbocycles. The van der Waals surface area contributed by atoms with Gasteiger partial charge in [-0.1, -0.05) is 0 Å². The standard InChI is InChI=1S/C19H16F3N7/c20-19(21,22)15-2-3-16(14(12-15)13-23)27-8-10-28(11-9-27)17-4-5-18(26-25-17)29-7-1-6-24-29/h1-7,12H,8-11H2. The summed E-state index contributed by atoms with van der Waals surface area (Å²) in [6.07, 6.45) is -1.03. The lowest BCUT2D eigenvalue weighted by Gasteiger charge is -2.37. The number of alkyl halides is 3. The van der Waals surface area contributed by atoms with E-state index in [1.54, 1.807) is 23.1 Å². The SMILES string of the molecule is N#Cc1cc(C(F)(F)F)ccc1N1CCN(c2ccc(-n3cccn3)nn2)CC1. The van der Waals surface area contributed by atoms with E-state index in [0.29, 0.717) is 43.5 Å². The topological polar surface area (TPSA) is 73.9 Å². The maximum absolute atomic E-state index is 12.9. The third-order valence-corrected chi connectivity index (χ3v) is 4.76. The van der Waals surface area contributed by atoms with Crippen LogP contribution in [0.25, 0.3) is 5.82 Å². The van der Waals surface area contributed by atoms with Gasteiger partial charge in [-0.15, -0.1) is 10.2 Å². The zero-order valence-corrected chi connectivity index (χ0v) is 15.2. The molecule has 148 valence electrons. The van der Waals surface area contributed by atoms with E-state index in [1.807, 2.05) is 28.0 Å². The third-order valence-electron chi connectivity index (χ3n) is 4.76. The van der Waals surface area contributed by atoms with Crippen LogP contribution in [0.4, 0.5) is 24.7 Å². The first-order chi connectivity index (χ1) is 14.0. The lowest BCUT2D eigenvalue weighted by atomic mass is 10.1. The van der Waals surface area contributed by atoms with Crippen molar-refractivity contribution in [2.24, 2.45) is 0 Å². The summed E-state index contributed by atoms with van der Waals surface area (Å²) in [6.45, 7) is 2.34. The Balaban J connectivity index is 1.45. The van der Waals surface area contributed by atoms with E-state index in [4.69, 9.17) is 0 Å². The van der Waals surface area contributed by atoms with Gasteiger partial charge in [0.1, 0.15) is 6.07 Å². The summed E-state index contributed by atoms with van der Waals surface area (Å²) in [5, 5.41) is 21.8. The molecule has 0 radical (unpaired) electrons. The monoisotopic (exact) mass is 399 g/mol. The summed E-state index contributed by atoms with van der Waals surface area (Å²) in [4.78, 5) is 3.97. The predicted octanol–water partition coefficient (Wildman–Crippen LogP) is 2.88. The molecule has 3 aromatic rings. The third kappa shape index (κ3) is 3.85. The number of benzene rings is 1. The number of nitrogens with zero attached hydrogens (tertiary/aromatic N) is 7. The van der Waals surface area contributed by atoms with Gasteiger partial charge in [-0.3, -0.25) is 0 Å². The molecule has 0 bridgehead atoms. The highest BCUT2D eigenvalue weighted by atomic mass is 19.4. The molecule has 1 aromatic carbocycles. The van der Waals surface area contributed by atoms with Crippen LogP contribution in [0.3, 0.4) is 0 Å². The number of anilines is 2. The molecule has 0 unspecified atom stereocenters. The molecular formula is C19H16F3N7. The van der Waals surface area contributed by atoms with Crippen LogP contribution in [0.5, 0.6) is 0 Å². The average molecular weight is 399 g/mol. The number of rotatable bonds is 3. The number of nitriles is 1. The van der Waals surface area contributed by atoms with Gasteiger partial charge in [0, 0.05) is 38.6 Å². The van der Waals surface area contributed by atoms with Crippen LogP contribution in [0.15, 0.2) is 48.8 Å². The highest BCUT2D eigenvalue weighted by Gasteiger charge is 2.31. The summed E-state index contributed by atoms with van der Waals surface area (Å²) in [7, 11) is 0. The molecule has 0 atom stereocenters. The van der Waals surface area contributed by atoms with Crippen molar-refractivity contribution in [3.05, 3.63) is 59.9 Å². The molecule has 10 heteroatoms. The van der Waals surface area contributed by atoms with E-state index in [-0.39, 0.29) is 5.56 Å². The van der Waals surface area contributed by atoms with Gasteiger partial charge in [0.2, 0.25) is 0 Å². The van der Waals surface area contributed by atoms with Gasteiger partial charge in [0.15, 0.2) is 11.6 Å². The first kappa shape index (κ1) is 18.7. The summed E-state index contributed by atoms with van der Waals surface area (Å²) >= 11 is 0. The summed E-state index contributed by atoms with van der Waals surface area (Å²) in [5.74, 6) is 1.33. The predicted molar refractivity (Wildman–Crippen MR) is 99.7 cm³/mol.